The van der Waals surface area contributed by atoms with Crippen molar-refractivity contribution < 1.29 is 33.4 Å². The highest BCUT2D eigenvalue weighted by Gasteiger charge is 2.49. The fourth-order valence-electron chi connectivity index (χ4n) is 4.05. The maximum atomic E-state index is 13.3. The van der Waals surface area contributed by atoms with E-state index in [0.717, 1.165) is 15.7 Å². The number of nitrogens with zero attached hydrogens (tertiary/aromatic N) is 1. The van der Waals surface area contributed by atoms with Gasteiger partial charge in [-0.1, -0.05) is 36.4 Å². The Morgan fingerprint density at radius 3 is 2.11 bits per heavy atom. The molecule has 3 aromatic carbocycles. The van der Waals surface area contributed by atoms with Crippen LogP contribution in [0.1, 0.15) is 33.2 Å². The molecule has 0 aliphatic carbocycles. The average Bonchev–Trinajstić information content (AvgIpc) is 3.10. The van der Waals surface area contributed by atoms with E-state index in [0.29, 0.717) is 5.56 Å². The summed E-state index contributed by atoms with van der Waals surface area (Å²) in [5.74, 6) is -2.75. The SMILES string of the molecule is COC(=O)c1cc(NC(=O)CN2C(=O)N[C@@](C)(c3ccc4ccccc4c3)C2=O)cc(C(=O)OC)c1. The van der Waals surface area contributed by atoms with Crippen molar-refractivity contribution in [1.29, 1.82) is 0 Å². The number of hydrogen-bond acceptors (Lipinski definition) is 7. The number of nitrogens with one attached hydrogen (secondary N) is 2. The molecule has 1 heterocycles. The summed E-state index contributed by atoms with van der Waals surface area (Å²) in [7, 11) is 2.35. The minimum atomic E-state index is -1.36. The number of ether oxygens (including phenoxy) is 2. The Balaban J connectivity index is 1.55. The molecule has 0 saturated carbocycles. The number of urea groups is 1. The maximum Gasteiger partial charge on any atom is 0.337 e. The molecule has 1 atom stereocenters. The van der Waals surface area contributed by atoms with Crippen LogP contribution >= 0.6 is 0 Å². The second-order valence-electron chi connectivity index (χ2n) is 8.34. The summed E-state index contributed by atoms with van der Waals surface area (Å²) in [5.41, 5.74) is -0.669. The molecular formula is C26H23N3O7. The Morgan fingerprint density at radius 1 is 0.889 bits per heavy atom. The first-order valence-electron chi connectivity index (χ1n) is 10.9. The monoisotopic (exact) mass is 489 g/mol. The largest absolute Gasteiger partial charge is 0.465 e. The van der Waals surface area contributed by atoms with Crippen LogP contribution in [0.25, 0.3) is 10.8 Å². The molecule has 184 valence electrons. The van der Waals surface area contributed by atoms with Crippen molar-refractivity contribution in [3.63, 3.8) is 0 Å². The number of benzene rings is 3. The number of fused-ring (bicyclic) bond motifs is 1. The van der Waals surface area contributed by atoms with Crippen LogP contribution in [0, 0.1) is 0 Å². The van der Waals surface area contributed by atoms with Gasteiger partial charge in [-0.25, -0.2) is 14.4 Å². The Morgan fingerprint density at radius 2 is 1.50 bits per heavy atom. The van der Waals surface area contributed by atoms with Crippen molar-refractivity contribution >= 4 is 46.2 Å². The zero-order chi connectivity index (χ0) is 26.0. The van der Waals surface area contributed by atoms with Gasteiger partial charge in [0.25, 0.3) is 5.91 Å². The molecule has 10 heteroatoms. The van der Waals surface area contributed by atoms with Gasteiger partial charge >= 0.3 is 18.0 Å². The smallest absolute Gasteiger partial charge is 0.337 e. The van der Waals surface area contributed by atoms with Gasteiger partial charge in [-0.3, -0.25) is 14.5 Å². The van der Waals surface area contributed by atoms with Crippen LogP contribution < -0.4 is 10.6 Å². The molecule has 2 N–H and O–H groups in total. The summed E-state index contributed by atoms with van der Waals surface area (Å²) in [6.07, 6.45) is 0. The zero-order valence-electron chi connectivity index (χ0n) is 19.8. The molecule has 1 aliphatic heterocycles. The van der Waals surface area contributed by atoms with E-state index < -0.39 is 41.9 Å². The normalized spacial score (nSPS) is 17.0. The molecular weight excluding hydrogens is 466 g/mol. The van der Waals surface area contributed by atoms with Crippen molar-refractivity contribution in [3.8, 4) is 0 Å². The van der Waals surface area contributed by atoms with Crippen molar-refractivity contribution in [2.75, 3.05) is 26.1 Å². The number of hydrogen-bond donors (Lipinski definition) is 2. The molecule has 0 unspecified atom stereocenters. The standard InChI is InChI=1S/C26H23N3O7/c1-26(19-9-8-15-6-4-5-7-16(15)11-19)24(33)29(25(34)28-26)14-21(30)27-20-12-17(22(31)35-2)10-18(13-20)23(32)36-3/h4-13H,14H2,1-3H3,(H,27,30)(H,28,34)/t26-/m0/s1. The Labute approximate surface area is 206 Å². The van der Waals surface area contributed by atoms with Crippen molar-refractivity contribution in [3.05, 3.63) is 77.4 Å². The number of anilines is 1. The van der Waals surface area contributed by atoms with E-state index in [1.165, 1.54) is 32.4 Å². The van der Waals surface area contributed by atoms with E-state index in [2.05, 4.69) is 20.1 Å². The van der Waals surface area contributed by atoms with Crippen molar-refractivity contribution in [2.24, 2.45) is 0 Å². The molecule has 36 heavy (non-hydrogen) atoms. The van der Waals surface area contributed by atoms with Gasteiger partial charge in [0, 0.05) is 5.69 Å². The number of amides is 4. The summed E-state index contributed by atoms with van der Waals surface area (Å²) in [6, 6.07) is 16.2. The van der Waals surface area contributed by atoms with Crippen LogP contribution in [0.4, 0.5) is 10.5 Å². The van der Waals surface area contributed by atoms with Crippen LogP contribution in [-0.2, 0) is 24.6 Å². The number of carbonyl (C=O) groups excluding carboxylic acids is 5. The van der Waals surface area contributed by atoms with Crippen LogP contribution in [0.15, 0.2) is 60.7 Å². The van der Waals surface area contributed by atoms with Crippen LogP contribution in [0.3, 0.4) is 0 Å². The van der Waals surface area contributed by atoms with E-state index in [1.54, 1.807) is 13.0 Å². The molecule has 1 fully saturated rings. The number of esters is 2. The van der Waals surface area contributed by atoms with E-state index in [-0.39, 0.29) is 16.8 Å². The van der Waals surface area contributed by atoms with Gasteiger partial charge in [0.05, 0.1) is 25.3 Å². The minimum Gasteiger partial charge on any atom is -0.465 e. The molecule has 1 saturated heterocycles. The third-order valence-corrected chi connectivity index (χ3v) is 5.96. The second-order valence-corrected chi connectivity index (χ2v) is 8.34. The Kier molecular flexibility index (Phi) is 6.43. The van der Waals surface area contributed by atoms with Crippen molar-refractivity contribution in [1.82, 2.24) is 10.2 Å². The van der Waals surface area contributed by atoms with Crippen LogP contribution in [0.2, 0.25) is 0 Å². The third-order valence-electron chi connectivity index (χ3n) is 5.96. The molecule has 0 radical (unpaired) electrons. The van der Waals surface area contributed by atoms with Gasteiger partial charge < -0.3 is 20.1 Å². The number of methoxy groups -OCH3 is 2. The lowest BCUT2D eigenvalue weighted by Gasteiger charge is -2.22. The van der Waals surface area contributed by atoms with Gasteiger partial charge in [-0.2, -0.15) is 0 Å². The average molecular weight is 489 g/mol. The van der Waals surface area contributed by atoms with E-state index in [4.69, 9.17) is 0 Å². The highest BCUT2D eigenvalue weighted by Crippen LogP contribution is 2.31. The molecule has 3 aromatic rings. The van der Waals surface area contributed by atoms with Crippen LogP contribution in [-0.4, -0.2) is 55.4 Å². The van der Waals surface area contributed by atoms with E-state index in [9.17, 15) is 24.0 Å². The zero-order valence-corrected chi connectivity index (χ0v) is 19.8. The first-order valence-corrected chi connectivity index (χ1v) is 10.9. The second kappa shape index (κ2) is 9.49. The lowest BCUT2D eigenvalue weighted by Crippen LogP contribution is -2.42. The summed E-state index contributed by atoms with van der Waals surface area (Å²) in [5, 5.41) is 7.08. The number of carbonyl (C=O) groups is 5. The molecule has 4 amide bonds. The first kappa shape index (κ1) is 24.4. The maximum absolute atomic E-state index is 13.3. The molecule has 4 rings (SSSR count). The number of imide groups is 1. The summed E-state index contributed by atoms with van der Waals surface area (Å²) in [6.45, 7) is 1.00. The van der Waals surface area contributed by atoms with Gasteiger partial charge in [0.15, 0.2) is 0 Å². The summed E-state index contributed by atoms with van der Waals surface area (Å²) < 4.78 is 9.36. The molecule has 0 bridgehead atoms. The van der Waals surface area contributed by atoms with E-state index >= 15 is 0 Å². The Bertz CT molecular complexity index is 1380. The van der Waals surface area contributed by atoms with Gasteiger partial charge in [-0.15, -0.1) is 0 Å². The fraction of sp³-hybridized carbons (Fsp3) is 0.192. The molecule has 10 nitrogen and oxygen atoms in total. The van der Waals surface area contributed by atoms with Gasteiger partial charge in [-0.05, 0) is 47.5 Å². The fourth-order valence-corrected chi connectivity index (χ4v) is 4.05. The summed E-state index contributed by atoms with van der Waals surface area (Å²) in [4.78, 5) is 63.5. The topological polar surface area (TPSA) is 131 Å². The molecule has 1 aliphatic rings. The highest BCUT2D eigenvalue weighted by atomic mass is 16.5. The van der Waals surface area contributed by atoms with Crippen LogP contribution in [0.5, 0.6) is 0 Å². The first-order chi connectivity index (χ1) is 17.2. The van der Waals surface area contributed by atoms with Crippen molar-refractivity contribution in [2.45, 2.75) is 12.5 Å². The number of rotatable bonds is 6. The highest BCUT2D eigenvalue weighted by molar-refractivity contribution is 6.10. The minimum absolute atomic E-state index is 0.00886. The van der Waals surface area contributed by atoms with E-state index in [1.807, 2.05) is 36.4 Å². The summed E-state index contributed by atoms with van der Waals surface area (Å²) >= 11 is 0. The lowest BCUT2D eigenvalue weighted by atomic mass is 9.90. The van der Waals surface area contributed by atoms with Gasteiger partial charge in [0.2, 0.25) is 5.91 Å². The predicted octanol–water partition coefficient (Wildman–Crippen LogP) is 2.82. The Hall–Kier alpha value is -4.73. The lowest BCUT2D eigenvalue weighted by molar-refractivity contribution is -0.133. The third kappa shape index (κ3) is 4.48. The molecule has 0 aromatic heterocycles. The molecule has 0 spiro atoms. The quantitative estimate of drug-likeness (QED) is 0.402. The van der Waals surface area contributed by atoms with Gasteiger partial charge in [0.1, 0.15) is 12.1 Å². The predicted molar refractivity (Wildman–Crippen MR) is 129 cm³/mol.